The molecule has 0 N–H and O–H groups in total. The first-order valence-corrected chi connectivity index (χ1v) is 9.37. The fourth-order valence-electron chi connectivity index (χ4n) is 3.78. The van der Waals surface area contributed by atoms with Gasteiger partial charge in [-0.2, -0.15) is 0 Å². The van der Waals surface area contributed by atoms with Crippen LogP contribution in [0, 0.1) is 22.9 Å². The van der Waals surface area contributed by atoms with Crippen molar-refractivity contribution in [1.29, 1.82) is 0 Å². The number of rotatable bonds is 5. The Balaban J connectivity index is 1.69. The van der Waals surface area contributed by atoms with E-state index in [0.717, 1.165) is 25.9 Å². The number of likely N-dealkylation sites (tertiary alicyclic amines) is 1. The van der Waals surface area contributed by atoms with Gasteiger partial charge in [0.25, 0.3) is 5.69 Å². The number of amides is 1. The van der Waals surface area contributed by atoms with Gasteiger partial charge in [0.05, 0.1) is 4.92 Å². The van der Waals surface area contributed by atoms with Crippen LogP contribution >= 0.6 is 0 Å². The fourth-order valence-corrected chi connectivity index (χ4v) is 3.78. The van der Waals surface area contributed by atoms with E-state index < -0.39 is 0 Å². The average Bonchev–Trinajstić information content (AvgIpc) is 2.66. The van der Waals surface area contributed by atoms with Gasteiger partial charge in [0.1, 0.15) is 5.82 Å². The van der Waals surface area contributed by atoms with Crippen molar-refractivity contribution < 1.29 is 14.1 Å². The molecule has 148 valence electrons. The van der Waals surface area contributed by atoms with Gasteiger partial charge in [-0.05, 0) is 37.5 Å². The zero-order chi connectivity index (χ0) is 20.3. The number of carbonyl (C=O) groups excluding carboxylic acids is 1. The number of anilines is 1. The molecule has 0 spiro atoms. The first-order chi connectivity index (χ1) is 13.4. The Bertz CT molecular complexity index is 879. The molecule has 1 fully saturated rings. The van der Waals surface area contributed by atoms with Crippen molar-refractivity contribution in [2.45, 2.75) is 39.3 Å². The lowest BCUT2D eigenvalue weighted by Crippen LogP contribution is -2.46. The predicted molar refractivity (Wildman–Crippen MR) is 106 cm³/mol. The molecule has 1 aliphatic heterocycles. The van der Waals surface area contributed by atoms with E-state index in [0.29, 0.717) is 23.4 Å². The zero-order valence-corrected chi connectivity index (χ0v) is 16.1. The van der Waals surface area contributed by atoms with Crippen molar-refractivity contribution in [3.05, 3.63) is 69.5 Å². The van der Waals surface area contributed by atoms with Crippen LogP contribution in [0.25, 0.3) is 0 Å². The molecule has 2 aromatic rings. The molecule has 1 amide bonds. The lowest BCUT2D eigenvalue weighted by molar-refractivity contribution is -0.385. The molecule has 7 heteroatoms. The number of benzene rings is 2. The highest BCUT2D eigenvalue weighted by Crippen LogP contribution is 2.27. The van der Waals surface area contributed by atoms with Crippen molar-refractivity contribution in [2.24, 2.45) is 0 Å². The minimum absolute atomic E-state index is 0.0124. The SMILES string of the molecule is CC(=O)N(c1ccc(C)c(F)c1)C1CCN(Cc2ccccc2[N+](=O)[O-])CC1. The Morgan fingerprint density at radius 2 is 1.93 bits per heavy atom. The summed E-state index contributed by atoms with van der Waals surface area (Å²) in [7, 11) is 0. The molecule has 1 aliphatic rings. The quantitative estimate of drug-likeness (QED) is 0.575. The Hall–Kier alpha value is -2.80. The second-order valence-electron chi connectivity index (χ2n) is 7.22. The summed E-state index contributed by atoms with van der Waals surface area (Å²) in [5, 5.41) is 11.2. The summed E-state index contributed by atoms with van der Waals surface area (Å²) in [6.07, 6.45) is 1.46. The number of carbonyl (C=O) groups is 1. The van der Waals surface area contributed by atoms with Crippen LogP contribution in [0.1, 0.15) is 30.9 Å². The first-order valence-electron chi connectivity index (χ1n) is 9.37. The third-order valence-corrected chi connectivity index (χ3v) is 5.28. The van der Waals surface area contributed by atoms with Gasteiger partial charge in [-0.3, -0.25) is 19.8 Å². The van der Waals surface area contributed by atoms with Crippen LogP contribution in [-0.2, 0) is 11.3 Å². The van der Waals surface area contributed by atoms with Gasteiger partial charge in [-0.15, -0.1) is 0 Å². The van der Waals surface area contributed by atoms with Crippen molar-refractivity contribution >= 4 is 17.3 Å². The van der Waals surface area contributed by atoms with Crippen LogP contribution in [0.15, 0.2) is 42.5 Å². The molecule has 6 nitrogen and oxygen atoms in total. The normalized spacial score (nSPS) is 15.4. The average molecular weight is 385 g/mol. The Labute approximate surface area is 163 Å². The Morgan fingerprint density at radius 1 is 1.25 bits per heavy atom. The summed E-state index contributed by atoms with van der Waals surface area (Å²) >= 11 is 0. The molecule has 0 aromatic heterocycles. The van der Waals surface area contributed by atoms with E-state index in [1.807, 2.05) is 0 Å². The van der Waals surface area contributed by atoms with Crippen LogP contribution in [0.3, 0.4) is 0 Å². The molecule has 2 aromatic carbocycles. The molecule has 0 unspecified atom stereocenters. The van der Waals surface area contributed by atoms with Crippen molar-refractivity contribution in [1.82, 2.24) is 4.90 Å². The second-order valence-corrected chi connectivity index (χ2v) is 7.22. The Kier molecular flexibility index (Phi) is 6.04. The van der Waals surface area contributed by atoms with Crippen LogP contribution in [0.4, 0.5) is 15.8 Å². The molecule has 0 aliphatic carbocycles. The summed E-state index contributed by atoms with van der Waals surface area (Å²) in [5.41, 5.74) is 1.94. The molecule has 0 radical (unpaired) electrons. The fraction of sp³-hybridized carbons (Fsp3) is 0.381. The minimum Gasteiger partial charge on any atom is -0.309 e. The summed E-state index contributed by atoms with van der Waals surface area (Å²) in [6, 6.07) is 11.6. The van der Waals surface area contributed by atoms with E-state index in [2.05, 4.69) is 4.90 Å². The summed E-state index contributed by atoms with van der Waals surface area (Å²) in [5.74, 6) is -0.432. The number of hydrogen-bond donors (Lipinski definition) is 0. The number of piperidine rings is 1. The highest BCUT2D eigenvalue weighted by Gasteiger charge is 2.28. The van der Waals surface area contributed by atoms with Gasteiger partial charge in [0.2, 0.25) is 5.91 Å². The lowest BCUT2D eigenvalue weighted by Gasteiger charge is -2.38. The predicted octanol–water partition coefficient (Wildman–Crippen LogP) is 4.06. The molecule has 1 saturated heterocycles. The maximum atomic E-state index is 14.0. The molecule has 3 rings (SSSR count). The monoisotopic (exact) mass is 385 g/mol. The minimum atomic E-state index is -0.356. The molecule has 0 saturated carbocycles. The van der Waals surface area contributed by atoms with Crippen LogP contribution < -0.4 is 4.90 Å². The third kappa shape index (κ3) is 4.36. The zero-order valence-electron chi connectivity index (χ0n) is 16.1. The molecular weight excluding hydrogens is 361 g/mol. The molecule has 0 atom stereocenters. The van der Waals surface area contributed by atoms with Crippen LogP contribution in [0.2, 0.25) is 0 Å². The maximum absolute atomic E-state index is 14.0. The van der Waals surface area contributed by atoms with Crippen molar-refractivity contribution in [3.63, 3.8) is 0 Å². The lowest BCUT2D eigenvalue weighted by atomic mass is 10.0. The van der Waals surface area contributed by atoms with E-state index in [1.54, 1.807) is 42.2 Å². The number of nitro groups is 1. The number of nitrogens with zero attached hydrogens (tertiary/aromatic N) is 3. The standard InChI is InChI=1S/C21H24FN3O3/c1-15-7-8-19(13-20(15)22)24(16(2)26)18-9-11-23(12-10-18)14-17-5-3-4-6-21(17)25(27)28/h3-8,13,18H,9-12,14H2,1-2H3. The molecule has 0 bridgehead atoms. The summed E-state index contributed by atoms with van der Waals surface area (Å²) in [4.78, 5) is 26.9. The van der Waals surface area contributed by atoms with E-state index in [-0.39, 0.29) is 28.4 Å². The number of halogens is 1. The van der Waals surface area contributed by atoms with Crippen molar-refractivity contribution in [2.75, 3.05) is 18.0 Å². The van der Waals surface area contributed by atoms with Gasteiger partial charge in [-0.25, -0.2) is 4.39 Å². The first kappa shape index (κ1) is 19.9. The van der Waals surface area contributed by atoms with Crippen LogP contribution in [0.5, 0.6) is 0 Å². The van der Waals surface area contributed by atoms with Gasteiger partial charge in [0.15, 0.2) is 0 Å². The molecule has 28 heavy (non-hydrogen) atoms. The summed E-state index contributed by atoms with van der Waals surface area (Å²) in [6.45, 7) is 5.13. The van der Waals surface area contributed by atoms with Gasteiger partial charge >= 0.3 is 0 Å². The number of aryl methyl sites for hydroxylation is 1. The number of nitro benzene ring substituents is 1. The number of hydrogen-bond acceptors (Lipinski definition) is 4. The van der Waals surface area contributed by atoms with E-state index in [1.165, 1.54) is 19.1 Å². The molecular formula is C21H24FN3O3. The van der Waals surface area contributed by atoms with E-state index in [9.17, 15) is 19.3 Å². The van der Waals surface area contributed by atoms with E-state index >= 15 is 0 Å². The van der Waals surface area contributed by atoms with Gasteiger partial charge < -0.3 is 4.90 Å². The highest BCUT2D eigenvalue weighted by molar-refractivity contribution is 5.92. The van der Waals surface area contributed by atoms with Gasteiger partial charge in [0, 0.05) is 49.9 Å². The topological polar surface area (TPSA) is 66.7 Å². The van der Waals surface area contributed by atoms with Crippen molar-refractivity contribution in [3.8, 4) is 0 Å². The maximum Gasteiger partial charge on any atom is 0.273 e. The van der Waals surface area contributed by atoms with Gasteiger partial charge in [-0.1, -0.05) is 24.3 Å². The smallest absolute Gasteiger partial charge is 0.273 e. The third-order valence-electron chi connectivity index (χ3n) is 5.28. The summed E-state index contributed by atoms with van der Waals surface area (Å²) < 4.78 is 14.0. The molecule has 1 heterocycles. The Morgan fingerprint density at radius 3 is 2.54 bits per heavy atom. The highest BCUT2D eigenvalue weighted by atomic mass is 19.1. The number of para-hydroxylation sites is 1. The van der Waals surface area contributed by atoms with Crippen LogP contribution in [-0.4, -0.2) is 34.9 Å². The van der Waals surface area contributed by atoms with E-state index in [4.69, 9.17) is 0 Å². The second kappa shape index (κ2) is 8.48. The largest absolute Gasteiger partial charge is 0.309 e.